The number of hydrogen-bond acceptors (Lipinski definition) is 3. The average molecular weight is 278 g/mol. The molecule has 0 saturated heterocycles. The molecule has 0 radical (unpaired) electrons. The molecular formula is C17H18N4. The summed E-state index contributed by atoms with van der Waals surface area (Å²) in [7, 11) is 1.87. The van der Waals surface area contributed by atoms with E-state index in [0.717, 1.165) is 42.1 Å². The number of aromatic amines is 1. The molecule has 0 aliphatic heterocycles. The highest BCUT2D eigenvalue weighted by atomic mass is 15.0. The van der Waals surface area contributed by atoms with Crippen LogP contribution in [0.4, 0.5) is 5.82 Å². The zero-order valence-electron chi connectivity index (χ0n) is 12.1. The van der Waals surface area contributed by atoms with Gasteiger partial charge in [-0.1, -0.05) is 24.3 Å². The van der Waals surface area contributed by atoms with Crippen molar-refractivity contribution < 1.29 is 0 Å². The maximum Gasteiger partial charge on any atom is 0.179 e. The molecule has 2 N–H and O–H groups in total. The molecule has 1 aromatic carbocycles. The highest BCUT2D eigenvalue weighted by molar-refractivity contribution is 5.73. The van der Waals surface area contributed by atoms with Gasteiger partial charge in [0.1, 0.15) is 11.6 Å². The summed E-state index contributed by atoms with van der Waals surface area (Å²) in [6.07, 6.45) is 3.34. The van der Waals surface area contributed by atoms with Gasteiger partial charge in [0.15, 0.2) is 5.65 Å². The second kappa shape index (κ2) is 4.88. The van der Waals surface area contributed by atoms with Crippen molar-refractivity contribution in [1.29, 1.82) is 0 Å². The van der Waals surface area contributed by atoms with Crippen LogP contribution in [0.15, 0.2) is 36.4 Å². The number of pyridine rings is 1. The normalized spacial score (nSPS) is 17.7. The van der Waals surface area contributed by atoms with Crippen LogP contribution in [0.25, 0.3) is 11.2 Å². The SMILES string of the molecule is CNc1ccc2[nH]c(C3CCc4ccccc4C3)nc2n1. The first-order valence-corrected chi connectivity index (χ1v) is 7.44. The van der Waals surface area contributed by atoms with E-state index in [-0.39, 0.29) is 0 Å². The number of rotatable bonds is 2. The Kier molecular flexibility index (Phi) is 2.88. The van der Waals surface area contributed by atoms with Crippen molar-refractivity contribution in [2.75, 3.05) is 12.4 Å². The van der Waals surface area contributed by atoms with Gasteiger partial charge < -0.3 is 10.3 Å². The second-order valence-corrected chi connectivity index (χ2v) is 5.65. The molecule has 0 amide bonds. The van der Waals surface area contributed by atoms with Crippen LogP contribution in [0.5, 0.6) is 0 Å². The molecule has 21 heavy (non-hydrogen) atoms. The van der Waals surface area contributed by atoms with Crippen molar-refractivity contribution in [2.45, 2.75) is 25.2 Å². The van der Waals surface area contributed by atoms with Gasteiger partial charge in [0.25, 0.3) is 0 Å². The molecule has 1 unspecified atom stereocenters. The largest absolute Gasteiger partial charge is 0.373 e. The Morgan fingerprint density at radius 1 is 1.10 bits per heavy atom. The van der Waals surface area contributed by atoms with Crippen LogP contribution in [-0.4, -0.2) is 22.0 Å². The molecule has 106 valence electrons. The van der Waals surface area contributed by atoms with Crippen molar-refractivity contribution in [3.05, 3.63) is 53.3 Å². The molecule has 0 saturated carbocycles. The standard InChI is InChI=1S/C17H18N4/c1-18-15-9-8-14-17(20-15)21-16(19-14)13-7-6-11-4-2-3-5-12(11)10-13/h2-5,8-9,13H,6-7,10H2,1H3,(H2,18,19,20,21). The first kappa shape index (κ1) is 12.4. The number of aryl methyl sites for hydroxylation is 1. The van der Waals surface area contributed by atoms with Crippen LogP contribution in [0, 0.1) is 0 Å². The summed E-state index contributed by atoms with van der Waals surface area (Å²) < 4.78 is 0. The number of fused-ring (bicyclic) bond motifs is 2. The molecule has 0 bridgehead atoms. The molecule has 1 aliphatic rings. The summed E-state index contributed by atoms with van der Waals surface area (Å²) in [5.41, 5.74) is 4.76. The molecular weight excluding hydrogens is 260 g/mol. The lowest BCUT2D eigenvalue weighted by molar-refractivity contribution is 0.561. The van der Waals surface area contributed by atoms with Crippen molar-refractivity contribution in [3.8, 4) is 0 Å². The molecule has 2 aromatic heterocycles. The van der Waals surface area contributed by atoms with Crippen LogP contribution in [0.1, 0.15) is 29.3 Å². The van der Waals surface area contributed by atoms with E-state index >= 15 is 0 Å². The maximum absolute atomic E-state index is 4.71. The molecule has 0 spiro atoms. The van der Waals surface area contributed by atoms with Crippen LogP contribution < -0.4 is 5.32 Å². The molecule has 4 heteroatoms. The Balaban J connectivity index is 1.68. The third-order valence-corrected chi connectivity index (χ3v) is 4.35. The van der Waals surface area contributed by atoms with Crippen LogP contribution in [0.3, 0.4) is 0 Å². The number of nitrogens with one attached hydrogen (secondary N) is 2. The van der Waals surface area contributed by atoms with Crippen molar-refractivity contribution in [2.24, 2.45) is 0 Å². The van der Waals surface area contributed by atoms with Crippen molar-refractivity contribution in [3.63, 3.8) is 0 Å². The molecule has 3 aromatic rings. The number of H-pyrrole nitrogens is 1. The topological polar surface area (TPSA) is 53.6 Å². The van der Waals surface area contributed by atoms with Crippen LogP contribution >= 0.6 is 0 Å². The van der Waals surface area contributed by atoms with E-state index in [9.17, 15) is 0 Å². The number of anilines is 1. The van der Waals surface area contributed by atoms with Gasteiger partial charge in [0.2, 0.25) is 0 Å². The Morgan fingerprint density at radius 3 is 2.81 bits per heavy atom. The molecule has 0 fully saturated rings. The highest BCUT2D eigenvalue weighted by Gasteiger charge is 2.22. The predicted octanol–water partition coefficient (Wildman–Crippen LogP) is 3.27. The summed E-state index contributed by atoms with van der Waals surface area (Å²) >= 11 is 0. The van der Waals surface area contributed by atoms with Crippen molar-refractivity contribution >= 4 is 17.0 Å². The fraction of sp³-hybridized carbons (Fsp3) is 0.294. The monoisotopic (exact) mass is 278 g/mol. The molecule has 4 rings (SSSR count). The smallest absolute Gasteiger partial charge is 0.179 e. The minimum absolute atomic E-state index is 0.465. The zero-order valence-corrected chi connectivity index (χ0v) is 12.1. The Morgan fingerprint density at radius 2 is 1.95 bits per heavy atom. The van der Waals surface area contributed by atoms with Gasteiger partial charge in [-0.05, 0) is 42.5 Å². The van der Waals surface area contributed by atoms with Crippen LogP contribution in [-0.2, 0) is 12.8 Å². The van der Waals surface area contributed by atoms with Gasteiger partial charge in [-0.15, -0.1) is 0 Å². The second-order valence-electron chi connectivity index (χ2n) is 5.65. The third kappa shape index (κ3) is 2.17. The maximum atomic E-state index is 4.71. The minimum atomic E-state index is 0.465. The number of aromatic nitrogens is 3. The fourth-order valence-corrected chi connectivity index (χ4v) is 3.17. The summed E-state index contributed by atoms with van der Waals surface area (Å²) in [4.78, 5) is 12.7. The first-order valence-electron chi connectivity index (χ1n) is 7.44. The van der Waals surface area contributed by atoms with Gasteiger partial charge in [-0.3, -0.25) is 0 Å². The Labute approximate surface area is 123 Å². The molecule has 1 aliphatic carbocycles. The summed E-state index contributed by atoms with van der Waals surface area (Å²) in [5.74, 6) is 2.39. The predicted molar refractivity (Wildman–Crippen MR) is 84.6 cm³/mol. The third-order valence-electron chi connectivity index (χ3n) is 4.35. The van der Waals surface area contributed by atoms with Gasteiger partial charge in [0, 0.05) is 13.0 Å². The Hall–Kier alpha value is -2.36. The number of hydrogen-bond donors (Lipinski definition) is 2. The number of imidazole rings is 1. The summed E-state index contributed by atoms with van der Waals surface area (Å²) in [6, 6.07) is 12.7. The van der Waals surface area contributed by atoms with E-state index in [0.29, 0.717) is 5.92 Å². The van der Waals surface area contributed by atoms with E-state index in [1.807, 2.05) is 19.2 Å². The fourth-order valence-electron chi connectivity index (χ4n) is 3.17. The lowest BCUT2D eigenvalue weighted by atomic mass is 9.83. The molecule has 4 nitrogen and oxygen atoms in total. The van der Waals surface area contributed by atoms with Crippen molar-refractivity contribution in [1.82, 2.24) is 15.0 Å². The van der Waals surface area contributed by atoms with E-state index in [1.54, 1.807) is 0 Å². The van der Waals surface area contributed by atoms with E-state index in [2.05, 4.69) is 39.6 Å². The Bertz CT molecular complexity index is 790. The molecule has 1 atom stereocenters. The van der Waals surface area contributed by atoms with Crippen LogP contribution in [0.2, 0.25) is 0 Å². The lowest BCUT2D eigenvalue weighted by Gasteiger charge is -2.22. The number of benzene rings is 1. The van der Waals surface area contributed by atoms with E-state index < -0.39 is 0 Å². The summed E-state index contributed by atoms with van der Waals surface area (Å²) in [5, 5.41) is 3.06. The zero-order chi connectivity index (χ0) is 14.2. The van der Waals surface area contributed by atoms with Gasteiger partial charge >= 0.3 is 0 Å². The van der Waals surface area contributed by atoms with E-state index in [1.165, 1.54) is 11.1 Å². The quantitative estimate of drug-likeness (QED) is 0.756. The molecule has 2 heterocycles. The van der Waals surface area contributed by atoms with Gasteiger partial charge in [0.05, 0.1) is 5.52 Å². The lowest BCUT2D eigenvalue weighted by Crippen LogP contribution is -2.13. The average Bonchev–Trinajstić information content (AvgIpc) is 2.97. The number of nitrogens with zero attached hydrogens (tertiary/aromatic N) is 2. The minimum Gasteiger partial charge on any atom is -0.373 e. The van der Waals surface area contributed by atoms with Gasteiger partial charge in [-0.2, -0.15) is 0 Å². The van der Waals surface area contributed by atoms with Gasteiger partial charge in [-0.25, -0.2) is 9.97 Å². The van der Waals surface area contributed by atoms with E-state index in [4.69, 9.17) is 4.98 Å². The highest BCUT2D eigenvalue weighted by Crippen LogP contribution is 2.32. The first-order chi connectivity index (χ1) is 10.3. The summed E-state index contributed by atoms with van der Waals surface area (Å²) in [6.45, 7) is 0.